The van der Waals surface area contributed by atoms with E-state index >= 15 is 0 Å². The summed E-state index contributed by atoms with van der Waals surface area (Å²) >= 11 is 0. The zero-order valence-corrected chi connectivity index (χ0v) is 12.8. The number of anilines is 2. The molecule has 11 heteroatoms. The molecule has 2 heterocycles. The molecule has 0 aliphatic carbocycles. The first kappa shape index (κ1) is 17.1. The highest BCUT2D eigenvalue weighted by molar-refractivity contribution is 5.92. The van der Waals surface area contributed by atoms with Gasteiger partial charge in [0.05, 0.1) is 11.2 Å². The third-order valence-electron chi connectivity index (χ3n) is 2.86. The van der Waals surface area contributed by atoms with Gasteiger partial charge in [-0.05, 0) is 18.6 Å². The molecule has 1 amide bonds. The second-order valence-corrected chi connectivity index (χ2v) is 4.51. The van der Waals surface area contributed by atoms with E-state index in [1.807, 2.05) is 0 Å². The highest BCUT2D eigenvalue weighted by atomic mass is 16.6. The third kappa shape index (κ3) is 4.39. The van der Waals surface area contributed by atoms with Gasteiger partial charge in [-0.15, -0.1) is 0 Å². The van der Waals surface area contributed by atoms with Crippen molar-refractivity contribution in [3.63, 3.8) is 0 Å². The average Bonchev–Trinajstić information content (AvgIpc) is 3.11. The fourth-order valence-corrected chi connectivity index (χ4v) is 1.78. The van der Waals surface area contributed by atoms with E-state index in [0.29, 0.717) is 19.6 Å². The molecular weight excluding hydrogens is 320 g/mol. The van der Waals surface area contributed by atoms with Crippen LogP contribution in [0, 0.1) is 10.1 Å². The van der Waals surface area contributed by atoms with Gasteiger partial charge in [-0.1, -0.05) is 0 Å². The normalized spacial score (nSPS) is 10.2. The summed E-state index contributed by atoms with van der Waals surface area (Å²) in [5.41, 5.74) is 4.30. The number of nitrogens with zero attached hydrogens (tertiary/aromatic N) is 3. The van der Waals surface area contributed by atoms with E-state index in [1.165, 1.54) is 12.3 Å². The molecule has 2 aromatic rings. The van der Waals surface area contributed by atoms with Crippen LogP contribution < -0.4 is 16.2 Å². The largest absolute Gasteiger partial charge is 0.459 e. The number of methoxy groups -OCH3 is 1. The van der Waals surface area contributed by atoms with E-state index in [0.717, 1.165) is 6.33 Å². The Bertz CT molecular complexity index is 690. The van der Waals surface area contributed by atoms with Crippen molar-refractivity contribution in [2.45, 2.75) is 6.42 Å². The number of carbonyl (C=O) groups is 1. The molecule has 0 saturated heterocycles. The van der Waals surface area contributed by atoms with Crippen molar-refractivity contribution in [1.29, 1.82) is 0 Å². The maximum atomic E-state index is 11.8. The smallest absolute Gasteiger partial charge is 0.354 e. The van der Waals surface area contributed by atoms with Crippen molar-refractivity contribution in [1.82, 2.24) is 15.4 Å². The highest BCUT2D eigenvalue weighted by Crippen LogP contribution is 2.28. The lowest BCUT2D eigenvalue weighted by atomic mass is 10.4. The molecule has 0 fully saturated rings. The van der Waals surface area contributed by atoms with Gasteiger partial charge < -0.3 is 14.5 Å². The minimum absolute atomic E-state index is 0.0425. The number of aromatic nitrogens is 2. The first-order valence-corrected chi connectivity index (χ1v) is 6.95. The van der Waals surface area contributed by atoms with Crippen LogP contribution in [-0.2, 0) is 4.74 Å². The summed E-state index contributed by atoms with van der Waals surface area (Å²) in [5, 5.41) is 14.1. The van der Waals surface area contributed by atoms with E-state index in [1.54, 1.807) is 13.2 Å². The Labute approximate surface area is 136 Å². The number of nitro groups is 1. The van der Waals surface area contributed by atoms with E-state index < -0.39 is 10.8 Å². The summed E-state index contributed by atoms with van der Waals surface area (Å²) in [6, 6.07) is 3.00. The van der Waals surface area contributed by atoms with Crippen molar-refractivity contribution in [2.24, 2.45) is 0 Å². The van der Waals surface area contributed by atoms with E-state index in [9.17, 15) is 14.9 Å². The summed E-state index contributed by atoms with van der Waals surface area (Å²) in [7, 11) is 1.57. The third-order valence-corrected chi connectivity index (χ3v) is 2.86. The minimum atomic E-state index is -0.639. The van der Waals surface area contributed by atoms with Gasteiger partial charge >= 0.3 is 11.6 Å². The van der Waals surface area contributed by atoms with Gasteiger partial charge in [0.15, 0.2) is 5.76 Å². The number of hydrogen-bond donors (Lipinski definition) is 3. The molecule has 0 bridgehead atoms. The number of amides is 1. The molecular formula is C13H16N6O5. The molecule has 2 aromatic heterocycles. The molecule has 24 heavy (non-hydrogen) atoms. The molecule has 0 aliphatic rings. The van der Waals surface area contributed by atoms with Gasteiger partial charge in [0, 0.05) is 20.3 Å². The summed E-state index contributed by atoms with van der Waals surface area (Å²) in [5.74, 6) is -0.648. The van der Waals surface area contributed by atoms with Crippen molar-refractivity contribution in [3.8, 4) is 0 Å². The second kappa shape index (κ2) is 8.43. The average molecular weight is 336 g/mol. The molecule has 0 saturated carbocycles. The molecule has 128 valence electrons. The fourth-order valence-electron chi connectivity index (χ4n) is 1.78. The minimum Gasteiger partial charge on any atom is -0.459 e. The summed E-state index contributed by atoms with van der Waals surface area (Å²) in [6.45, 7) is 0.945. The Morgan fingerprint density at radius 1 is 1.42 bits per heavy atom. The first-order valence-electron chi connectivity index (χ1n) is 6.95. The van der Waals surface area contributed by atoms with Crippen molar-refractivity contribution < 1.29 is 18.9 Å². The topological polar surface area (TPSA) is 144 Å². The molecule has 0 unspecified atom stereocenters. The van der Waals surface area contributed by atoms with Gasteiger partial charge in [-0.2, -0.15) is 0 Å². The SMILES string of the molecule is COCCCNc1ncnc(NNC(=O)c2ccco2)c1[N+](=O)[O-]. The molecule has 0 spiro atoms. The van der Waals surface area contributed by atoms with Crippen LogP contribution in [0.5, 0.6) is 0 Å². The van der Waals surface area contributed by atoms with Crippen LogP contribution in [0.3, 0.4) is 0 Å². The summed E-state index contributed by atoms with van der Waals surface area (Å²) < 4.78 is 9.82. The van der Waals surface area contributed by atoms with Gasteiger partial charge in [0.1, 0.15) is 6.33 Å². The Morgan fingerprint density at radius 3 is 2.88 bits per heavy atom. The molecule has 0 radical (unpaired) electrons. The second-order valence-electron chi connectivity index (χ2n) is 4.51. The van der Waals surface area contributed by atoms with Gasteiger partial charge in [0.25, 0.3) is 0 Å². The predicted octanol–water partition coefficient (Wildman–Crippen LogP) is 1.18. The number of ether oxygens (including phenoxy) is 1. The standard InChI is InChI=1S/C13H16N6O5/c1-23-6-3-5-14-11-10(19(21)22)12(16-8-15-11)17-18-13(20)9-4-2-7-24-9/h2,4,7-8H,3,5-6H2,1H3,(H,18,20)(H2,14,15,16,17). The number of rotatable bonds is 9. The quantitative estimate of drug-likeness (QED) is 0.349. The van der Waals surface area contributed by atoms with Crippen LogP contribution in [0.1, 0.15) is 17.0 Å². The molecule has 2 rings (SSSR count). The zero-order valence-electron chi connectivity index (χ0n) is 12.8. The van der Waals surface area contributed by atoms with E-state index in [4.69, 9.17) is 9.15 Å². The van der Waals surface area contributed by atoms with Crippen LogP contribution in [0.15, 0.2) is 29.1 Å². The number of hydrogen-bond acceptors (Lipinski definition) is 9. The van der Waals surface area contributed by atoms with Crippen LogP contribution >= 0.6 is 0 Å². The monoisotopic (exact) mass is 336 g/mol. The lowest BCUT2D eigenvalue weighted by molar-refractivity contribution is -0.383. The summed E-state index contributed by atoms with van der Waals surface area (Å²) in [4.78, 5) is 30.1. The molecule has 0 aromatic carbocycles. The van der Waals surface area contributed by atoms with Gasteiger partial charge in [-0.25, -0.2) is 9.97 Å². The van der Waals surface area contributed by atoms with Crippen LogP contribution in [0.25, 0.3) is 0 Å². The number of carbonyl (C=O) groups excluding carboxylic acids is 1. The van der Waals surface area contributed by atoms with Crippen LogP contribution in [0.4, 0.5) is 17.3 Å². The van der Waals surface area contributed by atoms with Gasteiger partial charge in [-0.3, -0.25) is 25.8 Å². The Morgan fingerprint density at radius 2 is 2.21 bits per heavy atom. The van der Waals surface area contributed by atoms with Crippen molar-refractivity contribution >= 4 is 23.2 Å². The highest BCUT2D eigenvalue weighted by Gasteiger charge is 2.23. The lowest BCUT2D eigenvalue weighted by Gasteiger charge is -2.10. The van der Waals surface area contributed by atoms with Gasteiger partial charge in [0.2, 0.25) is 11.6 Å². The zero-order chi connectivity index (χ0) is 17.4. The van der Waals surface area contributed by atoms with E-state index in [2.05, 4.69) is 26.1 Å². The Kier molecular flexibility index (Phi) is 6.02. The first-order chi connectivity index (χ1) is 11.6. The lowest BCUT2D eigenvalue weighted by Crippen LogP contribution is -2.30. The maximum absolute atomic E-state index is 11.8. The number of hydrazine groups is 1. The van der Waals surface area contributed by atoms with Crippen molar-refractivity contribution in [3.05, 3.63) is 40.6 Å². The molecule has 0 atom stereocenters. The van der Waals surface area contributed by atoms with Crippen LogP contribution in [-0.4, -0.2) is 41.1 Å². The van der Waals surface area contributed by atoms with Crippen molar-refractivity contribution in [2.75, 3.05) is 31.0 Å². The Hall–Kier alpha value is -3.21. The number of furan rings is 1. The van der Waals surface area contributed by atoms with Crippen LogP contribution in [0.2, 0.25) is 0 Å². The molecule has 11 nitrogen and oxygen atoms in total. The molecule has 3 N–H and O–H groups in total. The maximum Gasteiger partial charge on any atom is 0.354 e. The molecule has 0 aliphatic heterocycles. The predicted molar refractivity (Wildman–Crippen MR) is 83.5 cm³/mol. The number of nitrogens with one attached hydrogen (secondary N) is 3. The summed E-state index contributed by atoms with van der Waals surface area (Å²) in [6.07, 6.45) is 3.13. The fraction of sp³-hybridized carbons (Fsp3) is 0.308. The Balaban J connectivity index is 2.08. The van der Waals surface area contributed by atoms with E-state index in [-0.39, 0.29) is 23.1 Å².